The Morgan fingerprint density at radius 2 is 2.05 bits per heavy atom. The summed E-state index contributed by atoms with van der Waals surface area (Å²) in [6, 6.07) is 5.44. The maximum Gasteiger partial charge on any atom is 0.152 e. The fraction of sp³-hybridized carbons (Fsp3) is 0.214. The van der Waals surface area contributed by atoms with E-state index in [0.717, 1.165) is 22.1 Å². The molecule has 1 N–H and O–H groups in total. The number of benzene rings is 1. The highest BCUT2D eigenvalue weighted by Gasteiger charge is 2.25. The van der Waals surface area contributed by atoms with Crippen LogP contribution in [-0.2, 0) is 0 Å². The third-order valence-electron chi connectivity index (χ3n) is 3.20. The van der Waals surface area contributed by atoms with Gasteiger partial charge in [-0.15, -0.1) is 0 Å². The highest BCUT2D eigenvalue weighted by molar-refractivity contribution is 9.10. The van der Waals surface area contributed by atoms with Crippen LogP contribution in [0.3, 0.4) is 0 Å². The van der Waals surface area contributed by atoms with E-state index in [4.69, 9.17) is 39.5 Å². The van der Waals surface area contributed by atoms with Gasteiger partial charge >= 0.3 is 0 Å². The highest BCUT2D eigenvalue weighted by atomic mass is 79.9. The van der Waals surface area contributed by atoms with Crippen LogP contribution in [0.4, 0.5) is 5.69 Å². The molecule has 2 aromatic rings. The smallest absolute Gasteiger partial charge is 0.152 e. The molecule has 1 unspecified atom stereocenters. The van der Waals surface area contributed by atoms with E-state index in [9.17, 15) is 0 Å². The molecule has 21 heavy (non-hydrogen) atoms. The van der Waals surface area contributed by atoms with Crippen LogP contribution < -0.4 is 10.1 Å². The van der Waals surface area contributed by atoms with Gasteiger partial charge in [0.05, 0.1) is 23.4 Å². The predicted molar refractivity (Wildman–Crippen MR) is 89.9 cm³/mol. The maximum atomic E-state index is 6.19. The molecular formula is C14H10BrCl3N2O. The quantitative estimate of drug-likeness (QED) is 0.644. The van der Waals surface area contributed by atoms with Crippen molar-refractivity contribution in [3.63, 3.8) is 0 Å². The van der Waals surface area contributed by atoms with Crippen LogP contribution in [0.5, 0.6) is 5.75 Å². The van der Waals surface area contributed by atoms with Crippen LogP contribution in [0.25, 0.3) is 0 Å². The van der Waals surface area contributed by atoms with Gasteiger partial charge in [0.15, 0.2) is 5.15 Å². The van der Waals surface area contributed by atoms with E-state index >= 15 is 0 Å². The number of hydrogen-bond donors (Lipinski definition) is 1. The molecule has 2 heterocycles. The normalized spacial score (nSPS) is 17.0. The number of ether oxygens (including phenoxy) is 1. The minimum atomic E-state index is 0.0125. The summed E-state index contributed by atoms with van der Waals surface area (Å²) in [5.74, 6) is 0.670. The monoisotopic (exact) mass is 406 g/mol. The highest BCUT2D eigenvalue weighted by Crippen LogP contribution is 2.41. The summed E-state index contributed by atoms with van der Waals surface area (Å²) in [4.78, 5) is 4.11. The lowest BCUT2D eigenvalue weighted by molar-refractivity contribution is 0.274. The second-order valence-electron chi connectivity index (χ2n) is 4.63. The van der Waals surface area contributed by atoms with E-state index in [1.54, 1.807) is 12.3 Å². The van der Waals surface area contributed by atoms with Gasteiger partial charge in [0, 0.05) is 27.7 Å². The third-order valence-corrected chi connectivity index (χ3v) is 4.43. The molecule has 1 aromatic carbocycles. The van der Waals surface area contributed by atoms with Crippen LogP contribution in [-0.4, -0.2) is 11.6 Å². The van der Waals surface area contributed by atoms with Gasteiger partial charge in [-0.25, -0.2) is 4.98 Å². The summed E-state index contributed by atoms with van der Waals surface area (Å²) in [5.41, 5.74) is 1.68. The van der Waals surface area contributed by atoms with E-state index in [-0.39, 0.29) is 6.04 Å². The molecule has 0 fully saturated rings. The van der Waals surface area contributed by atoms with Crippen LogP contribution in [0.2, 0.25) is 15.2 Å². The SMILES string of the molecule is Clc1cc(Cl)c2c(c1)C(Nc1cc(Br)cnc1Cl)CCO2. The molecule has 7 heteroatoms. The summed E-state index contributed by atoms with van der Waals surface area (Å²) >= 11 is 21.8. The Bertz CT molecular complexity index is 696. The Morgan fingerprint density at radius 1 is 1.24 bits per heavy atom. The lowest BCUT2D eigenvalue weighted by Gasteiger charge is -2.28. The van der Waals surface area contributed by atoms with E-state index in [2.05, 4.69) is 26.2 Å². The Morgan fingerprint density at radius 3 is 2.86 bits per heavy atom. The van der Waals surface area contributed by atoms with Crippen molar-refractivity contribution in [3.8, 4) is 5.75 Å². The fourth-order valence-corrected chi connectivity index (χ4v) is 3.34. The van der Waals surface area contributed by atoms with Crippen molar-refractivity contribution in [1.82, 2.24) is 4.98 Å². The predicted octanol–water partition coefficient (Wildman–Crippen LogP) is 5.74. The first-order valence-electron chi connectivity index (χ1n) is 6.24. The minimum Gasteiger partial charge on any atom is -0.492 e. The first-order valence-corrected chi connectivity index (χ1v) is 8.16. The zero-order valence-corrected chi connectivity index (χ0v) is 14.5. The molecule has 3 rings (SSSR count). The maximum absolute atomic E-state index is 6.19. The van der Waals surface area contributed by atoms with Crippen LogP contribution in [0.1, 0.15) is 18.0 Å². The number of nitrogens with one attached hydrogen (secondary N) is 1. The number of pyridine rings is 1. The second-order valence-corrected chi connectivity index (χ2v) is 6.75. The summed E-state index contributed by atoms with van der Waals surface area (Å²) in [5, 5.41) is 4.89. The van der Waals surface area contributed by atoms with Crippen LogP contribution in [0, 0.1) is 0 Å². The Hall–Kier alpha value is -0.680. The first kappa shape index (κ1) is 15.2. The molecule has 0 saturated carbocycles. The molecule has 0 spiro atoms. The van der Waals surface area contributed by atoms with Crippen LogP contribution >= 0.6 is 50.7 Å². The zero-order valence-electron chi connectivity index (χ0n) is 10.7. The van der Waals surface area contributed by atoms with Gasteiger partial charge in [-0.05, 0) is 34.1 Å². The molecule has 110 valence electrons. The van der Waals surface area contributed by atoms with Gasteiger partial charge in [-0.2, -0.15) is 0 Å². The molecular weight excluding hydrogens is 398 g/mol. The fourth-order valence-electron chi connectivity index (χ4n) is 2.29. The van der Waals surface area contributed by atoms with Gasteiger partial charge in [-0.3, -0.25) is 0 Å². The summed E-state index contributed by atoms with van der Waals surface area (Å²) in [7, 11) is 0. The van der Waals surface area contributed by atoms with Gasteiger partial charge in [0.2, 0.25) is 0 Å². The number of rotatable bonds is 2. The second kappa shape index (κ2) is 6.21. The number of nitrogens with zero attached hydrogens (tertiary/aromatic N) is 1. The van der Waals surface area contributed by atoms with Gasteiger partial charge in [0.25, 0.3) is 0 Å². The van der Waals surface area contributed by atoms with Crippen LogP contribution in [0.15, 0.2) is 28.9 Å². The molecule has 1 aliphatic rings. The van der Waals surface area contributed by atoms with Crippen molar-refractivity contribution < 1.29 is 4.74 Å². The van der Waals surface area contributed by atoms with Crippen molar-refractivity contribution in [3.05, 3.63) is 49.6 Å². The number of halogens is 4. The van der Waals surface area contributed by atoms with E-state index in [0.29, 0.717) is 27.6 Å². The lowest BCUT2D eigenvalue weighted by Crippen LogP contribution is -2.21. The summed E-state index contributed by atoms with van der Waals surface area (Å²) in [6.07, 6.45) is 2.44. The number of aromatic nitrogens is 1. The molecule has 1 aromatic heterocycles. The lowest BCUT2D eigenvalue weighted by atomic mass is 10.0. The molecule has 0 bridgehead atoms. The van der Waals surface area contributed by atoms with Crippen molar-refractivity contribution in [2.24, 2.45) is 0 Å². The number of hydrogen-bond acceptors (Lipinski definition) is 3. The standard InChI is InChI=1S/C14H10BrCl3N2O/c15-7-3-12(14(18)19-6-7)20-11-1-2-21-13-9(11)4-8(16)5-10(13)17/h3-6,11,20H,1-2H2. The van der Waals surface area contributed by atoms with Crippen molar-refractivity contribution >= 4 is 56.4 Å². The topological polar surface area (TPSA) is 34.2 Å². The molecule has 0 radical (unpaired) electrons. The largest absolute Gasteiger partial charge is 0.492 e. The van der Waals surface area contributed by atoms with Crippen molar-refractivity contribution in [1.29, 1.82) is 0 Å². The van der Waals surface area contributed by atoms with E-state index < -0.39 is 0 Å². The Kier molecular flexibility index (Phi) is 4.50. The summed E-state index contributed by atoms with van der Waals surface area (Å²) < 4.78 is 6.50. The number of anilines is 1. The molecule has 0 saturated heterocycles. The molecule has 1 atom stereocenters. The van der Waals surface area contributed by atoms with E-state index in [1.807, 2.05) is 12.1 Å². The average molecular weight is 409 g/mol. The molecule has 1 aliphatic heterocycles. The van der Waals surface area contributed by atoms with Gasteiger partial charge in [0.1, 0.15) is 5.75 Å². The zero-order chi connectivity index (χ0) is 15.0. The average Bonchev–Trinajstić information content (AvgIpc) is 2.43. The first-order chi connectivity index (χ1) is 10.0. The minimum absolute atomic E-state index is 0.0125. The Labute approximate surface area is 145 Å². The van der Waals surface area contributed by atoms with Crippen molar-refractivity contribution in [2.75, 3.05) is 11.9 Å². The van der Waals surface area contributed by atoms with Gasteiger partial charge in [-0.1, -0.05) is 34.8 Å². The molecule has 0 amide bonds. The van der Waals surface area contributed by atoms with Crippen molar-refractivity contribution in [2.45, 2.75) is 12.5 Å². The number of fused-ring (bicyclic) bond motifs is 1. The Balaban J connectivity index is 1.97. The summed E-state index contributed by atoms with van der Waals surface area (Å²) in [6.45, 7) is 0.574. The van der Waals surface area contributed by atoms with E-state index in [1.165, 1.54) is 0 Å². The molecule has 0 aliphatic carbocycles. The molecule has 3 nitrogen and oxygen atoms in total. The van der Waals surface area contributed by atoms with Gasteiger partial charge < -0.3 is 10.1 Å². The third kappa shape index (κ3) is 3.24.